The Labute approximate surface area is 115 Å². The molecule has 1 rings (SSSR count). The molecule has 0 amide bonds. The van der Waals surface area contributed by atoms with Crippen molar-refractivity contribution in [1.29, 1.82) is 0 Å². The average Bonchev–Trinajstić information content (AvgIpc) is 2.39. The second kappa shape index (κ2) is 6.48. The molecular weight excluding hydrogens is 248 g/mol. The SMILES string of the molecule is CCOC(CC)(CC)c1nc(Cl)c(C)c(CC)n1. The van der Waals surface area contributed by atoms with Crippen molar-refractivity contribution < 1.29 is 4.74 Å². The molecule has 0 N–H and O–H groups in total. The normalized spacial score (nSPS) is 11.9. The Hall–Kier alpha value is -0.670. The molecule has 0 aliphatic heterocycles. The first-order valence-electron chi connectivity index (χ1n) is 6.72. The molecule has 3 nitrogen and oxygen atoms in total. The van der Waals surface area contributed by atoms with Crippen LogP contribution in [0.2, 0.25) is 5.15 Å². The summed E-state index contributed by atoms with van der Waals surface area (Å²) in [7, 11) is 0. The number of aromatic nitrogens is 2. The van der Waals surface area contributed by atoms with E-state index >= 15 is 0 Å². The third-order valence-electron chi connectivity index (χ3n) is 3.49. The van der Waals surface area contributed by atoms with Gasteiger partial charge < -0.3 is 4.74 Å². The van der Waals surface area contributed by atoms with Crippen LogP contribution in [0.1, 0.15) is 57.6 Å². The molecule has 0 fully saturated rings. The average molecular weight is 271 g/mol. The van der Waals surface area contributed by atoms with Gasteiger partial charge in [0.2, 0.25) is 0 Å². The maximum atomic E-state index is 6.21. The zero-order chi connectivity index (χ0) is 13.8. The first-order chi connectivity index (χ1) is 8.54. The smallest absolute Gasteiger partial charge is 0.162 e. The molecule has 0 bridgehead atoms. The van der Waals surface area contributed by atoms with Gasteiger partial charge in [0, 0.05) is 17.9 Å². The number of hydrogen-bond acceptors (Lipinski definition) is 3. The number of halogens is 1. The van der Waals surface area contributed by atoms with Gasteiger partial charge in [0.1, 0.15) is 10.8 Å². The van der Waals surface area contributed by atoms with E-state index in [1.807, 2.05) is 13.8 Å². The number of nitrogens with zero attached hydrogens (tertiary/aromatic N) is 2. The molecule has 0 radical (unpaired) electrons. The van der Waals surface area contributed by atoms with Crippen LogP contribution in [0.3, 0.4) is 0 Å². The fraction of sp³-hybridized carbons (Fsp3) is 0.714. The quantitative estimate of drug-likeness (QED) is 0.732. The molecule has 102 valence electrons. The van der Waals surface area contributed by atoms with E-state index in [9.17, 15) is 0 Å². The van der Waals surface area contributed by atoms with E-state index in [0.29, 0.717) is 11.8 Å². The zero-order valence-electron chi connectivity index (χ0n) is 12.0. The fourth-order valence-electron chi connectivity index (χ4n) is 2.19. The Morgan fingerprint density at radius 2 is 1.72 bits per heavy atom. The summed E-state index contributed by atoms with van der Waals surface area (Å²) in [5, 5.41) is 0.544. The van der Waals surface area contributed by atoms with Crippen molar-refractivity contribution in [1.82, 2.24) is 9.97 Å². The fourth-order valence-corrected chi connectivity index (χ4v) is 2.38. The molecule has 0 unspecified atom stereocenters. The summed E-state index contributed by atoms with van der Waals surface area (Å²) in [4.78, 5) is 9.11. The first kappa shape index (κ1) is 15.4. The predicted molar refractivity (Wildman–Crippen MR) is 75.0 cm³/mol. The van der Waals surface area contributed by atoms with Crippen LogP contribution in [-0.2, 0) is 16.8 Å². The van der Waals surface area contributed by atoms with E-state index in [1.54, 1.807) is 0 Å². The Kier molecular flexibility index (Phi) is 5.54. The molecule has 0 saturated carbocycles. The molecule has 1 aromatic rings. The maximum Gasteiger partial charge on any atom is 0.162 e. The minimum absolute atomic E-state index is 0.407. The summed E-state index contributed by atoms with van der Waals surface area (Å²) >= 11 is 6.21. The molecular formula is C14H23ClN2O. The van der Waals surface area contributed by atoms with Crippen molar-refractivity contribution in [3.05, 3.63) is 22.2 Å². The summed E-state index contributed by atoms with van der Waals surface area (Å²) in [5.74, 6) is 0.724. The van der Waals surface area contributed by atoms with E-state index in [1.165, 1.54) is 0 Å². The Morgan fingerprint density at radius 1 is 1.11 bits per heavy atom. The van der Waals surface area contributed by atoms with E-state index in [0.717, 1.165) is 36.3 Å². The highest BCUT2D eigenvalue weighted by Gasteiger charge is 2.33. The standard InChI is InChI=1S/C14H23ClN2O/c1-6-11-10(5)12(15)17-13(16-11)14(7-2,8-3)18-9-4/h6-9H2,1-5H3. The van der Waals surface area contributed by atoms with Crippen molar-refractivity contribution in [2.45, 2.75) is 59.5 Å². The minimum atomic E-state index is -0.407. The van der Waals surface area contributed by atoms with E-state index in [2.05, 4.69) is 30.7 Å². The highest BCUT2D eigenvalue weighted by atomic mass is 35.5. The lowest BCUT2D eigenvalue weighted by molar-refractivity contribution is -0.0573. The second-order valence-corrected chi connectivity index (χ2v) is 4.76. The predicted octanol–water partition coefficient (Wildman–Crippen LogP) is 4.05. The van der Waals surface area contributed by atoms with Crippen LogP contribution >= 0.6 is 11.6 Å². The molecule has 0 spiro atoms. The monoisotopic (exact) mass is 270 g/mol. The number of ether oxygens (including phenoxy) is 1. The Morgan fingerprint density at radius 3 is 2.17 bits per heavy atom. The first-order valence-corrected chi connectivity index (χ1v) is 7.09. The lowest BCUT2D eigenvalue weighted by Gasteiger charge is -2.30. The maximum absolute atomic E-state index is 6.21. The Bertz CT molecular complexity index is 403. The Balaban J connectivity index is 3.32. The zero-order valence-corrected chi connectivity index (χ0v) is 12.8. The molecule has 0 atom stereocenters. The molecule has 0 aliphatic rings. The molecule has 0 aromatic carbocycles. The van der Waals surface area contributed by atoms with Gasteiger partial charge in [-0.3, -0.25) is 0 Å². The summed E-state index contributed by atoms with van der Waals surface area (Å²) < 4.78 is 5.92. The van der Waals surface area contributed by atoms with Crippen molar-refractivity contribution in [3.63, 3.8) is 0 Å². The molecule has 0 aliphatic carbocycles. The lowest BCUT2D eigenvalue weighted by Crippen LogP contribution is -2.31. The minimum Gasteiger partial charge on any atom is -0.367 e. The van der Waals surface area contributed by atoms with Gasteiger partial charge in [-0.25, -0.2) is 9.97 Å². The van der Waals surface area contributed by atoms with Crippen molar-refractivity contribution in [2.24, 2.45) is 0 Å². The topological polar surface area (TPSA) is 35.0 Å². The van der Waals surface area contributed by atoms with Gasteiger partial charge in [-0.1, -0.05) is 32.4 Å². The molecule has 18 heavy (non-hydrogen) atoms. The van der Waals surface area contributed by atoms with Gasteiger partial charge in [-0.2, -0.15) is 0 Å². The number of aryl methyl sites for hydroxylation is 1. The lowest BCUT2D eigenvalue weighted by atomic mass is 9.95. The number of rotatable bonds is 6. The van der Waals surface area contributed by atoms with Gasteiger partial charge in [-0.15, -0.1) is 0 Å². The third kappa shape index (κ3) is 2.83. The van der Waals surface area contributed by atoms with Crippen molar-refractivity contribution in [3.8, 4) is 0 Å². The van der Waals surface area contributed by atoms with Crippen molar-refractivity contribution in [2.75, 3.05) is 6.61 Å². The number of hydrogen-bond donors (Lipinski definition) is 0. The summed E-state index contributed by atoms with van der Waals surface area (Å²) in [5.41, 5.74) is 1.58. The van der Waals surface area contributed by atoms with Crippen LogP contribution in [0.25, 0.3) is 0 Å². The van der Waals surface area contributed by atoms with Crippen molar-refractivity contribution >= 4 is 11.6 Å². The van der Waals surface area contributed by atoms with Gasteiger partial charge in [0.15, 0.2) is 5.82 Å². The van der Waals surface area contributed by atoms with Crippen LogP contribution in [0, 0.1) is 6.92 Å². The second-order valence-electron chi connectivity index (χ2n) is 4.40. The van der Waals surface area contributed by atoms with Gasteiger partial charge in [-0.05, 0) is 33.1 Å². The van der Waals surface area contributed by atoms with Gasteiger partial charge >= 0.3 is 0 Å². The van der Waals surface area contributed by atoms with Crippen LogP contribution < -0.4 is 0 Å². The highest BCUT2D eigenvalue weighted by Crippen LogP contribution is 2.32. The highest BCUT2D eigenvalue weighted by molar-refractivity contribution is 6.30. The summed E-state index contributed by atoms with van der Waals surface area (Å²) in [6.45, 7) is 10.9. The van der Waals surface area contributed by atoms with E-state index in [4.69, 9.17) is 16.3 Å². The van der Waals surface area contributed by atoms with Crippen LogP contribution in [0.5, 0.6) is 0 Å². The molecule has 4 heteroatoms. The summed E-state index contributed by atoms with van der Waals surface area (Å²) in [6.07, 6.45) is 2.55. The molecule has 0 saturated heterocycles. The largest absolute Gasteiger partial charge is 0.367 e. The van der Waals surface area contributed by atoms with E-state index in [-0.39, 0.29) is 0 Å². The molecule has 1 heterocycles. The van der Waals surface area contributed by atoms with Crippen LogP contribution in [0.15, 0.2) is 0 Å². The van der Waals surface area contributed by atoms with E-state index < -0.39 is 5.60 Å². The van der Waals surface area contributed by atoms with Gasteiger partial charge in [0.25, 0.3) is 0 Å². The summed E-state index contributed by atoms with van der Waals surface area (Å²) in [6, 6.07) is 0. The van der Waals surface area contributed by atoms with Crippen LogP contribution in [0.4, 0.5) is 0 Å². The molecule has 1 aromatic heterocycles. The van der Waals surface area contributed by atoms with Gasteiger partial charge in [0.05, 0.1) is 0 Å². The third-order valence-corrected chi connectivity index (χ3v) is 3.86. The van der Waals surface area contributed by atoms with Crippen LogP contribution in [-0.4, -0.2) is 16.6 Å².